The molecule has 1 aliphatic carbocycles. The van der Waals surface area contributed by atoms with Gasteiger partial charge >= 0.3 is 6.09 Å². The summed E-state index contributed by atoms with van der Waals surface area (Å²) >= 11 is 0. The third-order valence-corrected chi connectivity index (χ3v) is 6.66. The number of rotatable bonds is 8. The maximum Gasteiger partial charge on any atom is 0.410 e. The SMILES string of the molecule is CS(=O)(=O)NC1CCN(C(=O)OCC(F)F)C1COC1CCC(c2ccccc2)CC1. The molecule has 1 aromatic carbocycles. The van der Waals surface area contributed by atoms with E-state index in [9.17, 15) is 22.0 Å². The number of ether oxygens (including phenoxy) is 2. The minimum Gasteiger partial charge on any atom is -0.443 e. The molecule has 0 radical (unpaired) electrons. The summed E-state index contributed by atoms with van der Waals surface area (Å²) in [7, 11) is -3.50. The van der Waals surface area contributed by atoms with Gasteiger partial charge in [0.25, 0.3) is 6.43 Å². The van der Waals surface area contributed by atoms with E-state index in [4.69, 9.17) is 4.74 Å². The first-order valence-electron chi connectivity index (χ1n) is 10.6. The number of benzene rings is 1. The van der Waals surface area contributed by atoms with E-state index < -0.39 is 41.2 Å². The summed E-state index contributed by atoms with van der Waals surface area (Å²) < 4.78 is 61.5. The van der Waals surface area contributed by atoms with Crippen LogP contribution in [0.15, 0.2) is 30.3 Å². The molecule has 1 amide bonds. The molecule has 1 saturated carbocycles. The third kappa shape index (κ3) is 7.11. The van der Waals surface area contributed by atoms with E-state index in [1.165, 1.54) is 10.5 Å². The molecule has 174 valence electrons. The van der Waals surface area contributed by atoms with Gasteiger partial charge in [0.15, 0.2) is 6.61 Å². The van der Waals surface area contributed by atoms with Crippen LogP contribution in [0.4, 0.5) is 13.6 Å². The maximum atomic E-state index is 12.4. The van der Waals surface area contributed by atoms with Gasteiger partial charge in [-0.25, -0.2) is 26.7 Å². The number of likely N-dealkylation sites (tertiary alicyclic amines) is 1. The molecule has 0 spiro atoms. The highest BCUT2D eigenvalue weighted by molar-refractivity contribution is 7.88. The summed E-state index contributed by atoms with van der Waals surface area (Å²) in [5.74, 6) is 0.494. The van der Waals surface area contributed by atoms with Gasteiger partial charge in [-0.15, -0.1) is 0 Å². The van der Waals surface area contributed by atoms with Crippen molar-refractivity contribution in [2.24, 2.45) is 0 Å². The van der Waals surface area contributed by atoms with E-state index >= 15 is 0 Å². The molecule has 2 unspecified atom stereocenters. The van der Waals surface area contributed by atoms with Crippen LogP contribution in [0.5, 0.6) is 0 Å². The lowest BCUT2D eigenvalue weighted by Gasteiger charge is -2.32. The highest BCUT2D eigenvalue weighted by Crippen LogP contribution is 2.34. The summed E-state index contributed by atoms with van der Waals surface area (Å²) in [6, 6.07) is 9.19. The fourth-order valence-electron chi connectivity index (χ4n) is 4.44. The second-order valence-corrected chi connectivity index (χ2v) is 10.0. The van der Waals surface area contributed by atoms with Gasteiger partial charge in [0.2, 0.25) is 10.0 Å². The van der Waals surface area contributed by atoms with E-state index in [1.807, 2.05) is 18.2 Å². The molecule has 1 saturated heterocycles. The Bertz CT molecular complexity index is 816. The fraction of sp³-hybridized carbons (Fsp3) is 0.667. The number of nitrogens with zero attached hydrogens (tertiary/aromatic N) is 1. The molecule has 1 aromatic rings. The number of hydrogen-bond acceptors (Lipinski definition) is 5. The van der Waals surface area contributed by atoms with E-state index in [0.717, 1.165) is 31.9 Å². The number of alkyl halides is 2. The van der Waals surface area contributed by atoms with Crippen LogP contribution in [-0.2, 0) is 19.5 Å². The number of nitrogens with one attached hydrogen (secondary N) is 1. The zero-order valence-corrected chi connectivity index (χ0v) is 18.4. The summed E-state index contributed by atoms with van der Waals surface area (Å²) in [5.41, 5.74) is 1.32. The first-order valence-corrected chi connectivity index (χ1v) is 12.5. The first kappa shape index (κ1) is 23.9. The van der Waals surface area contributed by atoms with Crippen LogP contribution in [0.3, 0.4) is 0 Å². The van der Waals surface area contributed by atoms with Crippen molar-refractivity contribution >= 4 is 16.1 Å². The number of amides is 1. The predicted molar refractivity (Wildman–Crippen MR) is 112 cm³/mol. The Morgan fingerprint density at radius 1 is 1.16 bits per heavy atom. The standard InChI is InChI=1S/C21H30F2N2O5S/c1-31(27,28)24-18-11-12-25(21(26)30-14-20(22)23)19(18)13-29-17-9-7-16(8-10-17)15-5-3-2-4-6-15/h2-6,16-20,24H,7-14H2,1H3. The number of hydrogen-bond donors (Lipinski definition) is 1. The van der Waals surface area contributed by atoms with Gasteiger partial charge < -0.3 is 14.4 Å². The lowest BCUT2D eigenvalue weighted by molar-refractivity contribution is -0.0129. The molecular formula is C21H30F2N2O5S. The molecule has 10 heteroatoms. The van der Waals surface area contributed by atoms with Crippen molar-refractivity contribution in [3.63, 3.8) is 0 Å². The monoisotopic (exact) mass is 460 g/mol. The van der Waals surface area contributed by atoms with Crippen LogP contribution in [-0.4, -0.2) is 70.0 Å². The average molecular weight is 461 g/mol. The summed E-state index contributed by atoms with van der Waals surface area (Å²) in [4.78, 5) is 13.6. The Hall–Kier alpha value is -1.78. The molecule has 0 aromatic heterocycles. The number of carbonyl (C=O) groups is 1. The second kappa shape index (κ2) is 10.7. The van der Waals surface area contributed by atoms with E-state index in [2.05, 4.69) is 21.6 Å². The van der Waals surface area contributed by atoms with E-state index in [0.29, 0.717) is 12.3 Å². The zero-order chi connectivity index (χ0) is 22.4. The Labute approximate surface area is 182 Å². The molecule has 0 bridgehead atoms. The summed E-state index contributed by atoms with van der Waals surface area (Å²) in [6.07, 6.45) is 1.51. The normalized spacial score (nSPS) is 26.9. The highest BCUT2D eigenvalue weighted by Gasteiger charge is 2.40. The minimum atomic E-state index is -3.50. The van der Waals surface area contributed by atoms with Crippen LogP contribution in [0.1, 0.15) is 43.6 Å². The van der Waals surface area contributed by atoms with Crippen LogP contribution in [0.2, 0.25) is 0 Å². The van der Waals surface area contributed by atoms with Crippen molar-refractivity contribution in [1.82, 2.24) is 9.62 Å². The molecule has 2 atom stereocenters. The molecule has 1 heterocycles. The molecule has 3 rings (SSSR count). The van der Waals surface area contributed by atoms with Gasteiger partial charge in [-0.3, -0.25) is 0 Å². The largest absolute Gasteiger partial charge is 0.443 e. The number of carbonyl (C=O) groups excluding carboxylic acids is 1. The van der Waals surface area contributed by atoms with Gasteiger partial charge in [-0.05, 0) is 43.6 Å². The fourth-order valence-corrected chi connectivity index (χ4v) is 5.26. The second-order valence-electron chi connectivity index (χ2n) is 8.23. The summed E-state index contributed by atoms with van der Waals surface area (Å²) in [5, 5.41) is 0. The Balaban J connectivity index is 1.56. The van der Waals surface area contributed by atoms with Crippen LogP contribution in [0.25, 0.3) is 0 Å². The summed E-state index contributed by atoms with van der Waals surface area (Å²) in [6.45, 7) is -0.655. The first-order chi connectivity index (χ1) is 14.7. The minimum absolute atomic E-state index is 0.0124. The van der Waals surface area contributed by atoms with Crippen LogP contribution >= 0.6 is 0 Å². The lowest BCUT2D eigenvalue weighted by atomic mass is 9.83. The highest BCUT2D eigenvalue weighted by atomic mass is 32.2. The van der Waals surface area contributed by atoms with Crippen molar-refractivity contribution in [2.75, 3.05) is 26.0 Å². The van der Waals surface area contributed by atoms with Crippen molar-refractivity contribution in [1.29, 1.82) is 0 Å². The van der Waals surface area contributed by atoms with Crippen molar-refractivity contribution in [3.05, 3.63) is 35.9 Å². The van der Waals surface area contributed by atoms with Gasteiger partial charge in [0.1, 0.15) is 0 Å². The number of sulfonamides is 1. The van der Waals surface area contributed by atoms with Crippen molar-refractivity contribution < 1.29 is 31.5 Å². The van der Waals surface area contributed by atoms with Crippen molar-refractivity contribution in [2.45, 2.75) is 62.6 Å². The maximum absolute atomic E-state index is 12.4. The van der Waals surface area contributed by atoms with Gasteiger partial charge in [0, 0.05) is 12.6 Å². The average Bonchev–Trinajstić information content (AvgIpc) is 3.12. The molecule has 7 nitrogen and oxygen atoms in total. The zero-order valence-electron chi connectivity index (χ0n) is 17.6. The molecule has 1 N–H and O–H groups in total. The van der Waals surface area contributed by atoms with Gasteiger partial charge in [-0.1, -0.05) is 30.3 Å². The third-order valence-electron chi connectivity index (χ3n) is 5.93. The van der Waals surface area contributed by atoms with Crippen molar-refractivity contribution in [3.8, 4) is 0 Å². The Morgan fingerprint density at radius 3 is 2.45 bits per heavy atom. The smallest absolute Gasteiger partial charge is 0.410 e. The van der Waals surface area contributed by atoms with E-state index in [1.54, 1.807) is 0 Å². The van der Waals surface area contributed by atoms with Gasteiger partial charge in [0.05, 0.1) is 25.0 Å². The van der Waals surface area contributed by atoms with Crippen LogP contribution < -0.4 is 4.72 Å². The Morgan fingerprint density at radius 2 is 1.84 bits per heavy atom. The van der Waals surface area contributed by atoms with Gasteiger partial charge in [-0.2, -0.15) is 0 Å². The number of halogens is 2. The molecule has 2 fully saturated rings. The molecular weight excluding hydrogens is 430 g/mol. The molecule has 1 aliphatic heterocycles. The molecule has 31 heavy (non-hydrogen) atoms. The quantitative estimate of drug-likeness (QED) is 0.644. The molecule has 2 aliphatic rings. The Kier molecular flexibility index (Phi) is 8.23. The van der Waals surface area contributed by atoms with Crippen LogP contribution in [0, 0.1) is 0 Å². The lowest BCUT2D eigenvalue weighted by Crippen LogP contribution is -2.49. The predicted octanol–water partition coefficient (Wildman–Crippen LogP) is 3.12. The van der Waals surface area contributed by atoms with E-state index in [-0.39, 0.29) is 19.3 Å². The topological polar surface area (TPSA) is 84.9 Å².